The van der Waals surface area contributed by atoms with Crippen molar-refractivity contribution in [2.45, 2.75) is 89.3 Å². The fourth-order valence-electron chi connectivity index (χ4n) is 3.19. The molecule has 1 heterocycles. The molecule has 0 aromatic carbocycles. The molecule has 126 valence electrons. The Morgan fingerprint density at radius 2 is 1.71 bits per heavy atom. The van der Waals surface area contributed by atoms with Crippen LogP contribution in [0.5, 0.6) is 0 Å². The molecule has 1 atom stereocenters. The van der Waals surface area contributed by atoms with Gasteiger partial charge in [0.1, 0.15) is 0 Å². The van der Waals surface area contributed by atoms with Gasteiger partial charge in [-0.05, 0) is 19.4 Å². The highest BCUT2D eigenvalue weighted by atomic mass is 32.2. The van der Waals surface area contributed by atoms with E-state index in [4.69, 9.17) is 5.73 Å². The van der Waals surface area contributed by atoms with Crippen LogP contribution in [0.3, 0.4) is 0 Å². The smallest absolute Gasteiger partial charge is 0.0218 e. The first-order valence-corrected chi connectivity index (χ1v) is 10.2. The lowest BCUT2D eigenvalue weighted by Crippen LogP contribution is -2.42. The highest BCUT2D eigenvalue weighted by Gasteiger charge is 2.26. The molecule has 0 aliphatic carbocycles. The number of nitrogens with two attached hydrogens (primary N) is 1. The van der Waals surface area contributed by atoms with E-state index in [0.29, 0.717) is 10.8 Å². The van der Waals surface area contributed by atoms with E-state index in [9.17, 15) is 0 Å². The van der Waals surface area contributed by atoms with Crippen molar-refractivity contribution in [2.75, 3.05) is 25.4 Å². The van der Waals surface area contributed by atoms with Gasteiger partial charge >= 0.3 is 0 Å². The summed E-state index contributed by atoms with van der Waals surface area (Å²) in [5.74, 6) is 1.26. The molecule has 0 radical (unpaired) electrons. The Hall–Kier alpha value is 0.270. The summed E-state index contributed by atoms with van der Waals surface area (Å²) in [4.78, 5) is 2.67. The van der Waals surface area contributed by atoms with Gasteiger partial charge in [-0.2, -0.15) is 11.8 Å². The third-order valence-electron chi connectivity index (χ3n) is 4.80. The maximum atomic E-state index is 6.05. The van der Waals surface area contributed by atoms with Crippen LogP contribution < -0.4 is 5.73 Å². The van der Waals surface area contributed by atoms with E-state index in [2.05, 4.69) is 37.4 Å². The van der Waals surface area contributed by atoms with E-state index in [1.54, 1.807) is 0 Å². The van der Waals surface area contributed by atoms with E-state index in [-0.39, 0.29) is 0 Å². The lowest BCUT2D eigenvalue weighted by Gasteiger charge is -2.30. The van der Waals surface area contributed by atoms with Crippen molar-refractivity contribution in [2.24, 2.45) is 5.73 Å². The van der Waals surface area contributed by atoms with Gasteiger partial charge in [0.05, 0.1) is 0 Å². The molecular formula is C18H38N2S. The molecule has 1 unspecified atom stereocenters. The Balaban J connectivity index is 2.18. The number of nitrogens with zero attached hydrogens (tertiary/aromatic N) is 1. The van der Waals surface area contributed by atoms with E-state index in [1.165, 1.54) is 76.6 Å². The average molecular weight is 315 g/mol. The number of unbranched alkanes of at least 4 members (excludes halogenated alkanes) is 6. The second-order valence-corrected chi connectivity index (χ2v) is 9.00. The minimum absolute atomic E-state index is 0.452. The van der Waals surface area contributed by atoms with Crippen LogP contribution in [0.2, 0.25) is 0 Å². The summed E-state index contributed by atoms with van der Waals surface area (Å²) >= 11 is 2.13. The third-order valence-corrected chi connectivity index (χ3v) is 6.17. The molecule has 0 spiro atoms. The molecular weight excluding hydrogens is 276 g/mol. The Labute approximate surface area is 137 Å². The number of thioether (sulfide) groups is 1. The molecule has 1 rings (SSSR count). The Morgan fingerprint density at radius 3 is 2.38 bits per heavy atom. The number of rotatable bonds is 10. The maximum absolute atomic E-state index is 6.05. The number of hydrogen-bond donors (Lipinski definition) is 1. The number of hydrogen-bond acceptors (Lipinski definition) is 3. The van der Waals surface area contributed by atoms with Crippen molar-refractivity contribution in [3.05, 3.63) is 0 Å². The fourth-order valence-corrected chi connectivity index (χ4v) is 4.30. The first-order valence-electron chi connectivity index (χ1n) is 9.17. The summed E-state index contributed by atoms with van der Waals surface area (Å²) in [6.45, 7) is 10.3. The van der Waals surface area contributed by atoms with Gasteiger partial charge in [0, 0.05) is 29.6 Å². The molecule has 21 heavy (non-hydrogen) atoms. The normalized spacial score (nSPS) is 21.1. The van der Waals surface area contributed by atoms with Crippen molar-refractivity contribution in [1.82, 2.24) is 4.90 Å². The second-order valence-electron chi connectivity index (χ2n) is 7.19. The van der Waals surface area contributed by atoms with Crippen LogP contribution in [-0.2, 0) is 0 Å². The predicted octanol–water partition coefficient (Wildman–Crippen LogP) is 4.67. The molecule has 2 nitrogen and oxygen atoms in total. The van der Waals surface area contributed by atoms with Crippen LogP contribution in [0.15, 0.2) is 0 Å². The highest BCUT2D eigenvalue weighted by Crippen LogP contribution is 2.31. The summed E-state index contributed by atoms with van der Waals surface area (Å²) in [5, 5.41) is 0. The Morgan fingerprint density at radius 1 is 1.05 bits per heavy atom. The Bertz CT molecular complexity index is 256. The van der Waals surface area contributed by atoms with Crippen LogP contribution in [0.25, 0.3) is 0 Å². The zero-order valence-corrected chi connectivity index (χ0v) is 15.5. The molecule has 0 aromatic heterocycles. The van der Waals surface area contributed by atoms with Crippen LogP contribution >= 0.6 is 11.8 Å². The maximum Gasteiger partial charge on any atom is 0.0218 e. The van der Waals surface area contributed by atoms with Crippen molar-refractivity contribution < 1.29 is 0 Å². The topological polar surface area (TPSA) is 29.3 Å². The molecule has 0 bridgehead atoms. The van der Waals surface area contributed by atoms with Crippen LogP contribution in [0.1, 0.15) is 78.6 Å². The molecule has 0 aromatic rings. The van der Waals surface area contributed by atoms with E-state index in [1.807, 2.05) is 0 Å². The quantitative estimate of drug-likeness (QED) is 0.594. The lowest BCUT2D eigenvalue weighted by atomic mass is 10.0. The summed E-state index contributed by atoms with van der Waals surface area (Å²) in [6.07, 6.45) is 12.4. The fraction of sp³-hybridized carbons (Fsp3) is 1.00. The van der Waals surface area contributed by atoms with Crippen molar-refractivity contribution in [3.63, 3.8) is 0 Å². The minimum atomic E-state index is 0.452. The Kier molecular flexibility index (Phi) is 10.0. The predicted molar refractivity (Wildman–Crippen MR) is 98.2 cm³/mol. The molecule has 2 N–H and O–H groups in total. The molecule has 1 saturated heterocycles. The SMILES string of the molecule is CCCCCCCCCC(CN)N1CCSC(C)(C)CC1. The molecule has 3 heteroatoms. The summed E-state index contributed by atoms with van der Waals surface area (Å²) in [7, 11) is 0. The van der Waals surface area contributed by atoms with Gasteiger partial charge in [0.2, 0.25) is 0 Å². The third kappa shape index (κ3) is 8.47. The van der Waals surface area contributed by atoms with E-state index >= 15 is 0 Å². The van der Waals surface area contributed by atoms with Gasteiger partial charge in [0.25, 0.3) is 0 Å². The van der Waals surface area contributed by atoms with Crippen molar-refractivity contribution in [1.29, 1.82) is 0 Å². The summed E-state index contributed by atoms with van der Waals surface area (Å²) in [5.41, 5.74) is 6.05. The molecule has 1 fully saturated rings. The van der Waals surface area contributed by atoms with Gasteiger partial charge in [-0.25, -0.2) is 0 Å². The molecule has 0 saturated carbocycles. The molecule has 0 amide bonds. The van der Waals surface area contributed by atoms with Crippen LogP contribution in [-0.4, -0.2) is 41.1 Å². The van der Waals surface area contributed by atoms with Crippen LogP contribution in [0, 0.1) is 0 Å². The van der Waals surface area contributed by atoms with Gasteiger partial charge in [-0.1, -0.05) is 65.7 Å². The second kappa shape index (κ2) is 10.9. The van der Waals surface area contributed by atoms with Gasteiger partial charge in [-0.3, -0.25) is 4.90 Å². The first kappa shape index (κ1) is 19.3. The van der Waals surface area contributed by atoms with E-state index < -0.39 is 0 Å². The minimum Gasteiger partial charge on any atom is -0.329 e. The van der Waals surface area contributed by atoms with Crippen molar-refractivity contribution >= 4 is 11.8 Å². The summed E-state index contributed by atoms with van der Waals surface area (Å²) in [6, 6.07) is 0.621. The van der Waals surface area contributed by atoms with Gasteiger partial charge in [-0.15, -0.1) is 0 Å². The monoisotopic (exact) mass is 314 g/mol. The van der Waals surface area contributed by atoms with E-state index in [0.717, 1.165) is 6.54 Å². The van der Waals surface area contributed by atoms with Gasteiger partial charge in [0.15, 0.2) is 0 Å². The first-order chi connectivity index (χ1) is 10.1. The average Bonchev–Trinajstić information content (AvgIpc) is 2.63. The van der Waals surface area contributed by atoms with Crippen LogP contribution in [0.4, 0.5) is 0 Å². The molecule has 1 aliphatic rings. The zero-order chi connectivity index (χ0) is 15.6. The summed E-state index contributed by atoms with van der Waals surface area (Å²) < 4.78 is 0.452. The van der Waals surface area contributed by atoms with Crippen molar-refractivity contribution in [3.8, 4) is 0 Å². The molecule has 1 aliphatic heterocycles. The standard InChI is InChI=1S/C18H38N2S/c1-4-5-6-7-8-9-10-11-17(16-19)20-13-12-18(2,3)21-15-14-20/h17H,4-16,19H2,1-3H3. The lowest BCUT2D eigenvalue weighted by molar-refractivity contribution is 0.195. The largest absolute Gasteiger partial charge is 0.329 e. The zero-order valence-electron chi connectivity index (χ0n) is 14.7. The highest BCUT2D eigenvalue weighted by molar-refractivity contribution is 8.00. The van der Waals surface area contributed by atoms with Gasteiger partial charge < -0.3 is 5.73 Å².